The van der Waals surface area contributed by atoms with Crippen molar-refractivity contribution in [2.45, 2.75) is 26.4 Å². The van der Waals surface area contributed by atoms with Crippen LogP contribution in [-0.2, 0) is 0 Å². The van der Waals surface area contributed by atoms with Gasteiger partial charge in [0.1, 0.15) is 0 Å². The molecular formula is C9H21NO3. The van der Waals surface area contributed by atoms with Gasteiger partial charge in [0.25, 0.3) is 0 Å². The third-order valence-corrected chi connectivity index (χ3v) is 2.16. The molecule has 4 heteroatoms. The molecular weight excluding hydrogens is 170 g/mol. The van der Waals surface area contributed by atoms with Crippen molar-refractivity contribution in [2.24, 2.45) is 5.41 Å². The van der Waals surface area contributed by atoms with Gasteiger partial charge >= 0.3 is 0 Å². The first-order chi connectivity index (χ1) is 6.04. The lowest BCUT2D eigenvalue weighted by atomic mass is 9.87. The maximum atomic E-state index is 9.59. The molecule has 0 aromatic rings. The molecule has 0 bridgehead atoms. The summed E-state index contributed by atoms with van der Waals surface area (Å²) in [6.07, 6.45) is 0.128. The molecule has 0 aliphatic rings. The summed E-state index contributed by atoms with van der Waals surface area (Å²) >= 11 is 0. The predicted molar refractivity (Wildman–Crippen MR) is 51.4 cm³/mol. The average molecular weight is 191 g/mol. The standard InChI is InChI=1S/C9H21NO3/c1-9(2,7-12)8(13)6-10-4-3-5-11/h8,10-13H,3-7H2,1-2H3. The van der Waals surface area contributed by atoms with Gasteiger partial charge in [-0.3, -0.25) is 0 Å². The largest absolute Gasteiger partial charge is 0.396 e. The fourth-order valence-electron chi connectivity index (χ4n) is 0.825. The molecule has 4 nitrogen and oxygen atoms in total. The van der Waals surface area contributed by atoms with Crippen LogP contribution in [0.25, 0.3) is 0 Å². The van der Waals surface area contributed by atoms with Crippen LogP contribution in [0, 0.1) is 5.41 Å². The van der Waals surface area contributed by atoms with Gasteiger partial charge in [-0.25, -0.2) is 0 Å². The summed E-state index contributed by atoms with van der Waals surface area (Å²) in [6, 6.07) is 0. The molecule has 1 unspecified atom stereocenters. The molecule has 0 heterocycles. The molecule has 0 fully saturated rings. The van der Waals surface area contributed by atoms with Crippen LogP contribution in [0.1, 0.15) is 20.3 Å². The van der Waals surface area contributed by atoms with Gasteiger partial charge in [0.15, 0.2) is 0 Å². The van der Waals surface area contributed by atoms with E-state index in [9.17, 15) is 5.11 Å². The number of hydrogen-bond acceptors (Lipinski definition) is 4. The molecule has 4 N–H and O–H groups in total. The van der Waals surface area contributed by atoms with Crippen molar-refractivity contribution in [3.8, 4) is 0 Å². The maximum absolute atomic E-state index is 9.59. The third kappa shape index (κ3) is 5.21. The summed E-state index contributed by atoms with van der Waals surface area (Å²) in [7, 11) is 0. The Bertz CT molecular complexity index is 128. The molecule has 0 spiro atoms. The summed E-state index contributed by atoms with van der Waals surface area (Å²) in [5, 5.41) is 30.0. The Hall–Kier alpha value is -0.160. The molecule has 0 radical (unpaired) electrons. The van der Waals surface area contributed by atoms with Crippen molar-refractivity contribution < 1.29 is 15.3 Å². The second-order valence-electron chi connectivity index (χ2n) is 3.94. The fourth-order valence-corrected chi connectivity index (χ4v) is 0.825. The fraction of sp³-hybridized carbons (Fsp3) is 1.00. The maximum Gasteiger partial charge on any atom is 0.0737 e. The van der Waals surface area contributed by atoms with Gasteiger partial charge in [-0.05, 0) is 13.0 Å². The van der Waals surface area contributed by atoms with Crippen LogP contribution in [0.3, 0.4) is 0 Å². The summed E-state index contributed by atoms with van der Waals surface area (Å²) in [6.45, 7) is 4.89. The first-order valence-corrected chi connectivity index (χ1v) is 4.65. The second kappa shape index (κ2) is 6.32. The van der Waals surface area contributed by atoms with Gasteiger partial charge in [0.2, 0.25) is 0 Å². The molecule has 0 aromatic carbocycles. The van der Waals surface area contributed by atoms with E-state index in [1.807, 2.05) is 13.8 Å². The second-order valence-corrected chi connectivity index (χ2v) is 3.94. The van der Waals surface area contributed by atoms with Crippen molar-refractivity contribution in [1.29, 1.82) is 0 Å². The molecule has 0 rings (SSSR count). The van der Waals surface area contributed by atoms with E-state index in [0.717, 1.165) is 0 Å². The van der Waals surface area contributed by atoms with E-state index in [4.69, 9.17) is 10.2 Å². The SMILES string of the molecule is CC(C)(CO)C(O)CNCCCO. The average Bonchev–Trinajstić information content (AvgIpc) is 2.12. The Labute approximate surface area is 79.6 Å². The minimum Gasteiger partial charge on any atom is -0.396 e. The van der Waals surface area contributed by atoms with E-state index in [0.29, 0.717) is 19.5 Å². The highest BCUT2D eigenvalue weighted by Gasteiger charge is 2.26. The Morgan fingerprint density at radius 3 is 2.38 bits per heavy atom. The number of aliphatic hydroxyl groups is 3. The molecule has 0 saturated heterocycles. The van der Waals surface area contributed by atoms with E-state index >= 15 is 0 Å². The molecule has 80 valence electrons. The normalized spacial score (nSPS) is 14.5. The van der Waals surface area contributed by atoms with Gasteiger partial charge in [-0.2, -0.15) is 0 Å². The minimum absolute atomic E-state index is 0.0319. The number of rotatable bonds is 7. The van der Waals surface area contributed by atoms with E-state index in [1.165, 1.54) is 0 Å². The van der Waals surface area contributed by atoms with E-state index in [-0.39, 0.29) is 13.2 Å². The van der Waals surface area contributed by atoms with Crippen molar-refractivity contribution >= 4 is 0 Å². The Morgan fingerprint density at radius 1 is 1.31 bits per heavy atom. The van der Waals surface area contributed by atoms with Crippen LogP contribution in [0.2, 0.25) is 0 Å². The first kappa shape index (κ1) is 12.8. The summed E-state index contributed by atoms with van der Waals surface area (Å²) < 4.78 is 0. The van der Waals surface area contributed by atoms with E-state index in [1.54, 1.807) is 0 Å². The quantitative estimate of drug-likeness (QED) is 0.403. The number of aliphatic hydroxyl groups excluding tert-OH is 3. The van der Waals surface area contributed by atoms with E-state index < -0.39 is 11.5 Å². The zero-order valence-corrected chi connectivity index (χ0v) is 8.45. The van der Waals surface area contributed by atoms with Crippen LogP contribution >= 0.6 is 0 Å². The predicted octanol–water partition coefficient (Wildman–Crippen LogP) is -0.662. The lowest BCUT2D eigenvalue weighted by Gasteiger charge is -2.28. The highest BCUT2D eigenvalue weighted by atomic mass is 16.3. The Balaban J connectivity index is 3.55. The summed E-state index contributed by atoms with van der Waals surface area (Å²) in [4.78, 5) is 0. The van der Waals surface area contributed by atoms with Gasteiger partial charge in [-0.1, -0.05) is 13.8 Å². The van der Waals surface area contributed by atoms with E-state index in [2.05, 4.69) is 5.32 Å². The van der Waals surface area contributed by atoms with Crippen LogP contribution in [0.4, 0.5) is 0 Å². The first-order valence-electron chi connectivity index (χ1n) is 4.65. The number of nitrogens with one attached hydrogen (secondary N) is 1. The lowest BCUT2D eigenvalue weighted by molar-refractivity contribution is 0.00866. The zero-order valence-electron chi connectivity index (χ0n) is 8.45. The summed E-state index contributed by atoms with van der Waals surface area (Å²) in [5.41, 5.74) is -0.466. The molecule has 0 aromatic heterocycles. The van der Waals surface area contributed by atoms with Crippen LogP contribution in [-0.4, -0.2) is 47.7 Å². The molecule has 0 aliphatic carbocycles. The van der Waals surface area contributed by atoms with Crippen molar-refractivity contribution in [2.75, 3.05) is 26.3 Å². The van der Waals surface area contributed by atoms with Gasteiger partial charge < -0.3 is 20.6 Å². The van der Waals surface area contributed by atoms with Crippen molar-refractivity contribution in [1.82, 2.24) is 5.32 Å². The summed E-state index contributed by atoms with van der Waals surface area (Å²) in [5.74, 6) is 0. The van der Waals surface area contributed by atoms with Crippen LogP contribution < -0.4 is 5.32 Å². The van der Waals surface area contributed by atoms with Crippen LogP contribution in [0.15, 0.2) is 0 Å². The van der Waals surface area contributed by atoms with Gasteiger partial charge in [-0.15, -0.1) is 0 Å². The van der Waals surface area contributed by atoms with Crippen molar-refractivity contribution in [3.05, 3.63) is 0 Å². The van der Waals surface area contributed by atoms with Gasteiger partial charge in [0, 0.05) is 18.6 Å². The Morgan fingerprint density at radius 2 is 1.92 bits per heavy atom. The van der Waals surface area contributed by atoms with Crippen molar-refractivity contribution in [3.63, 3.8) is 0 Å². The monoisotopic (exact) mass is 191 g/mol. The Kier molecular flexibility index (Phi) is 6.24. The smallest absolute Gasteiger partial charge is 0.0737 e. The highest BCUT2D eigenvalue weighted by Crippen LogP contribution is 2.18. The highest BCUT2D eigenvalue weighted by molar-refractivity contribution is 4.78. The molecule has 13 heavy (non-hydrogen) atoms. The molecule has 0 aliphatic heterocycles. The minimum atomic E-state index is -0.559. The zero-order chi connectivity index (χ0) is 10.3. The molecule has 1 atom stereocenters. The lowest BCUT2D eigenvalue weighted by Crippen LogP contribution is -2.40. The number of hydrogen-bond donors (Lipinski definition) is 4. The van der Waals surface area contributed by atoms with Crippen LogP contribution in [0.5, 0.6) is 0 Å². The third-order valence-electron chi connectivity index (χ3n) is 2.16. The van der Waals surface area contributed by atoms with Gasteiger partial charge in [0.05, 0.1) is 12.7 Å². The molecule has 0 saturated carbocycles. The molecule has 0 amide bonds. The topological polar surface area (TPSA) is 72.7 Å².